The van der Waals surface area contributed by atoms with Gasteiger partial charge in [-0.15, -0.1) is 0 Å². The molecule has 1 fully saturated rings. The summed E-state index contributed by atoms with van der Waals surface area (Å²) in [5, 5.41) is 4.75. The minimum absolute atomic E-state index is 0.258. The first-order valence-electron chi connectivity index (χ1n) is 4.94. The maximum Gasteiger partial charge on any atom is 0.322 e. The fourth-order valence-electron chi connectivity index (χ4n) is 1.35. The van der Waals surface area contributed by atoms with Crippen LogP contribution in [0.4, 0.5) is 4.79 Å². The van der Waals surface area contributed by atoms with Crippen LogP contribution in [0, 0.1) is 0 Å². The van der Waals surface area contributed by atoms with Crippen molar-refractivity contribution >= 4 is 39.6 Å². The number of nitrogens with one attached hydrogen (secondary N) is 2. The Bertz CT molecular complexity index is 438. The quantitative estimate of drug-likeness (QED) is 0.821. The predicted octanol–water partition coefficient (Wildman–Crippen LogP) is 1.29. The van der Waals surface area contributed by atoms with E-state index in [0.717, 1.165) is 10.2 Å². The van der Waals surface area contributed by atoms with Crippen LogP contribution in [0.1, 0.15) is 5.69 Å². The molecule has 2 N–H and O–H groups in total. The van der Waals surface area contributed by atoms with Crippen molar-refractivity contribution in [3.8, 4) is 0 Å². The van der Waals surface area contributed by atoms with Gasteiger partial charge in [0.25, 0.3) is 5.91 Å². The van der Waals surface area contributed by atoms with E-state index in [1.807, 2.05) is 12.1 Å². The van der Waals surface area contributed by atoms with Crippen molar-refractivity contribution in [1.29, 1.82) is 0 Å². The molecule has 1 unspecified atom stereocenters. The van der Waals surface area contributed by atoms with Gasteiger partial charge in [0, 0.05) is 22.2 Å². The molecule has 1 saturated heterocycles. The Morgan fingerprint density at radius 3 is 2.82 bits per heavy atom. The van der Waals surface area contributed by atoms with Gasteiger partial charge in [0.05, 0.1) is 5.69 Å². The lowest BCUT2D eigenvalue weighted by Gasteiger charge is -2.06. The average molecular weight is 316 g/mol. The Morgan fingerprint density at radius 1 is 1.41 bits per heavy atom. The largest absolute Gasteiger partial charge is 0.325 e. The number of thioether (sulfide) groups is 1. The number of imide groups is 1. The van der Waals surface area contributed by atoms with Gasteiger partial charge in [0.1, 0.15) is 6.04 Å². The molecule has 2 heterocycles. The number of carbonyl (C=O) groups is 2. The highest BCUT2D eigenvalue weighted by Gasteiger charge is 2.28. The van der Waals surface area contributed by atoms with Gasteiger partial charge < -0.3 is 5.32 Å². The third kappa shape index (κ3) is 3.44. The van der Waals surface area contributed by atoms with Gasteiger partial charge in [0.15, 0.2) is 0 Å². The molecule has 0 spiro atoms. The van der Waals surface area contributed by atoms with E-state index >= 15 is 0 Å². The zero-order chi connectivity index (χ0) is 12.3. The van der Waals surface area contributed by atoms with Gasteiger partial charge in [-0.3, -0.25) is 15.1 Å². The SMILES string of the molecule is O=C1NC(=O)C(CSCc2ccc(Br)cn2)N1. The number of carbonyl (C=O) groups excluding carboxylic acids is 2. The van der Waals surface area contributed by atoms with Crippen LogP contribution < -0.4 is 10.6 Å². The van der Waals surface area contributed by atoms with E-state index in [2.05, 4.69) is 31.5 Å². The summed E-state index contributed by atoms with van der Waals surface area (Å²) in [7, 11) is 0. The van der Waals surface area contributed by atoms with Crippen LogP contribution in [0.2, 0.25) is 0 Å². The van der Waals surface area contributed by atoms with Crippen LogP contribution >= 0.6 is 27.7 Å². The number of nitrogens with zero attached hydrogens (tertiary/aromatic N) is 1. The van der Waals surface area contributed by atoms with Gasteiger partial charge >= 0.3 is 6.03 Å². The standard InChI is InChI=1S/C10H10BrN3O2S/c11-6-1-2-7(12-3-6)4-17-5-8-9(15)14-10(16)13-8/h1-3,8H,4-5H2,(H2,13,14,15,16). The van der Waals surface area contributed by atoms with E-state index in [1.54, 1.807) is 18.0 Å². The summed E-state index contributed by atoms with van der Waals surface area (Å²) in [6.07, 6.45) is 1.74. The predicted molar refractivity (Wildman–Crippen MR) is 68.6 cm³/mol. The first kappa shape index (κ1) is 12.4. The van der Waals surface area contributed by atoms with Crippen LogP contribution in [0.25, 0.3) is 0 Å². The van der Waals surface area contributed by atoms with E-state index in [9.17, 15) is 9.59 Å². The van der Waals surface area contributed by atoms with Crippen LogP contribution in [0.15, 0.2) is 22.8 Å². The number of rotatable bonds is 4. The van der Waals surface area contributed by atoms with Crippen molar-refractivity contribution in [2.24, 2.45) is 0 Å². The molecule has 2 rings (SSSR count). The second-order valence-electron chi connectivity index (χ2n) is 3.50. The maximum absolute atomic E-state index is 11.2. The molecule has 0 saturated carbocycles. The van der Waals surface area contributed by atoms with Crippen LogP contribution in [0.3, 0.4) is 0 Å². The van der Waals surface area contributed by atoms with Crippen molar-refractivity contribution in [2.75, 3.05) is 5.75 Å². The first-order valence-corrected chi connectivity index (χ1v) is 6.89. The molecule has 7 heteroatoms. The topological polar surface area (TPSA) is 71.1 Å². The Balaban J connectivity index is 1.78. The van der Waals surface area contributed by atoms with Gasteiger partial charge in [-0.2, -0.15) is 11.8 Å². The van der Waals surface area contributed by atoms with Crippen LogP contribution in [0.5, 0.6) is 0 Å². The van der Waals surface area contributed by atoms with Crippen molar-refractivity contribution in [3.05, 3.63) is 28.5 Å². The van der Waals surface area contributed by atoms with E-state index in [0.29, 0.717) is 11.5 Å². The highest BCUT2D eigenvalue weighted by Crippen LogP contribution is 2.14. The zero-order valence-electron chi connectivity index (χ0n) is 8.77. The molecule has 90 valence electrons. The third-order valence-corrected chi connectivity index (χ3v) is 3.72. The van der Waals surface area contributed by atoms with E-state index in [4.69, 9.17) is 0 Å². The second kappa shape index (κ2) is 5.50. The summed E-state index contributed by atoms with van der Waals surface area (Å²) in [5.41, 5.74) is 0.947. The van der Waals surface area contributed by atoms with Gasteiger partial charge in [0.2, 0.25) is 0 Å². The van der Waals surface area contributed by atoms with E-state index in [-0.39, 0.29) is 5.91 Å². The minimum Gasteiger partial charge on any atom is -0.325 e. The van der Waals surface area contributed by atoms with E-state index in [1.165, 1.54) is 0 Å². The summed E-state index contributed by atoms with van der Waals surface area (Å²) in [4.78, 5) is 26.3. The number of hydrogen-bond acceptors (Lipinski definition) is 4. The molecule has 1 aliphatic rings. The Labute approximate surface area is 111 Å². The van der Waals surface area contributed by atoms with Crippen molar-refractivity contribution in [2.45, 2.75) is 11.8 Å². The van der Waals surface area contributed by atoms with Gasteiger partial charge in [-0.05, 0) is 28.1 Å². The Hall–Kier alpha value is -1.08. The number of aromatic nitrogens is 1. The summed E-state index contributed by atoms with van der Waals surface area (Å²) in [5.74, 6) is 1.01. The molecule has 3 amide bonds. The third-order valence-electron chi connectivity index (χ3n) is 2.18. The zero-order valence-corrected chi connectivity index (χ0v) is 11.2. The van der Waals surface area contributed by atoms with Gasteiger partial charge in [-0.1, -0.05) is 0 Å². The molecule has 1 aromatic heterocycles. The Morgan fingerprint density at radius 2 is 2.24 bits per heavy atom. The number of halogens is 1. The molecule has 1 atom stereocenters. The highest BCUT2D eigenvalue weighted by molar-refractivity contribution is 9.10. The highest BCUT2D eigenvalue weighted by atomic mass is 79.9. The lowest BCUT2D eigenvalue weighted by atomic mass is 10.3. The summed E-state index contributed by atoms with van der Waals surface area (Å²) >= 11 is 4.87. The molecule has 1 aromatic rings. The molecule has 5 nitrogen and oxygen atoms in total. The Kier molecular flexibility index (Phi) is 4.01. The fraction of sp³-hybridized carbons (Fsp3) is 0.300. The van der Waals surface area contributed by atoms with Crippen molar-refractivity contribution in [3.63, 3.8) is 0 Å². The molecular weight excluding hydrogens is 306 g/mol. The van der Waals surface area contributed by atoms with Gasteiger partial charge in [-0.25, -0.2) is 4.79 Å². The molecular formula is C10H10BrN3O2S. The summed E-state index contributed by atoms with van der Waals surface area (Å²) in [6, 6.07) is 3.00. The number of urea groups is 1. The number of hydrogen-bond donors (Lipinski definition) is 2. The average Bonchev–Trinajstić information content (AvgIpc) is 2.60. The van der Waals surface area contributed by atoms with Crippen molar-refractivity contribution in [1.82, 2.24) is 15.6 Å². The van der Waals surface area contributed by atoms with Crippen molar-refractivity contribution < 1.29 is 9.59 Å². The molecule has 1 aliphatic heterocycles. The molecule has 17 heavy (non-hydrogen) atoms. The molecule has 0 aromatic carbocycles. The molecule has 0 aliphatic carbocycles. The smallest absolute Gasteiger partial charge is 0.322 e. The monoisotopic (exact) mass is 315 g/mol. The summed E-state index contributed by atoms with van der Waals surface area (Å²) < 4.78 is 0.939. The minimum atomic E-state index is -0.428. The molecule has 0 bridgehead atoms. The second-order valence-corrected chi connectivity index (χ2v) is 5.44. The normalized spacial score (nSPS) is 19.0. The van der Waals surface area contributed by atoms with Crippen LogP contribution in [-0.2, 0) is 10.5 Å². The number of pyridine rings is 1. The van der Waals surface area contributed by atoms with E-state index < -0.39 is 12.1 Å². The summed E-state index contributed by atoms with van der Waals surface area (Å²) in [6.45, 7) is 0. The fourth-order valence-corrected chi connectivity index (χ4v) is 2.55. The number of amides is 3. The maximum atomic E-state index is 11.2. The molecule has 0 radical (unpaired) electrons. The first-order chi connectivity index (χ1) is 8.15. The lowest BCUT2D eigenvalue weighted by molar-refractivity contribution is -0.119. The van der Waals surface area contributed by atoms with Crippen LogP contribution in [-0.4, -0.2) is 28.7 Å². The lowest BCUT2D eigenvalue weighted by Crippen LogP contribution is -2.31.